The van der Waals surface area contributed by atoms with Gasteiger partial charge in [0.2, 0.25) is 5.91 Å². The summed E-state index contributed by atoms with van der Waals surface area (Å²) in [6.45, 7) is 2.44. The van der Waals surface area contributed by atoms with Crippen molar-refractivity contribution in [2.24, 2.45) is 0 Å². The van der Waals surface area contributed by atoms with Crippen LogP contribution < -0.4 is 11.1 Å². The van der Waals surface area contributed by atoms with E-state index in [4.69, 9.17) is 4.42 Å². The zero-order chi connectivity index (χ0) is 20.9. The van der Waals surface area contributed by atoms with Gasteiger partial charge in [0.1, 0.15) is 0 Å². The molecule has 1 amide bonds. The number of nitrogens with zero attached hydrogens (tertiary/aromatic N) is 1. The molecule has 1 unspecified atom stereocenters. The molecule has 0 saturated carbocycles. The molecule has 5 nitrogen and oxygen atoms in total. The number of para-hydroxylation sites is 2. The standard InChI is InChI=1S/C24H24N2O3S/c1-2-6-17-10-12-18(13-11-17)23(21-9-5-16-30-21)25-22(27)14-15-26-19-7-3-4-8-20(19)29-24(26)28/h3-5,7-13,16,23H,2,6,14-15H2,1H3,(H,25,27). The van der Waals surface area contributed by atoms with Crippen molar-refractivity contribution in [1.82, 2.24) is 9.88 Å². The molecule has 0 fully saturated rings. The molecule has 2 aromatic heterocycles. The van der Waals surface area contributed by atoms with Gasteiger partial charge < -0.3 is 9.73 Å². The highest BCUT2D eigenvalue weighted by atomic mass is 32.1. The van der Waals surface area contributed by atoms with Crippen molar-refractivity contribution in [2.75, 3.05) is 0 Å². The molecule has 4 rings (SSSR count). The third-order valence-corrected chi connectivity index (χ3v) is 6.06. The molecule has 6 heteroatoms. The maximum absolute atomic E-state index is 12.8. The fourth-order valence-electron chi connectivity index (χ4n) is 3.61. The van der Waals surface area contributed by atoms with E-state index in [0.29, 0.717) is 11.1 Å². The average molecular weight is 421 g/mol. The van der Waals surface area contributed by atoms with E-state index in [2.05, 4.69) is 36.5 Å². The van der Waals surface area contributed by atoms with Crippen molar-refractivity contribution in [3.05, 3.63) is 92.6 Å². The minimum atomic E-state index is -0.440. The largest absolute Gasteiger partial charge is 0.419 e. The molecule has 4 aromatic rings. The summed E-state index contributed by atoms with van der Waals surface area (Å²) in [7, 11) is 0. The Morgan fingerprint density at radius 2 is 1.90 bits per heavy atom. The molecule has 0 aliphatic heterocycles. The van der Waals surface area contributed by atoms with Crippen LogP contribution in [-0.4, -0.2) is 10.5 Å². The predicted octanol–water partition coefficient (Wildman–Crippen LogP) is 4.90. The van der Waals surface area contributed by atoms with Crippen LogP contribution in [0.2, 0.25) is 0 Å². The number of hydrogen-bond donors (Lipinski definition) is 1. The Balaban J connectivity index is 1.49. The van der Waals surface area contributed by atoms with Crippen molar-refractivity contribution in [3.63, 3.8) is 0 Å². The van der Waals surface area contributed by atoms with Crippen LogP contribution in [0.25, 0.3) is 11.1 Å². The van der Waals surface area contributed by atoms with Crippen LogP contribution in [-0.2, 0) is 17.8 Å². The highest BCUT2D eigenvalue weighted by molar-refractivity contribution is 7.10. The van der Waals surface area contributed by atoms with Gasteiger partial charge >= 0.3 is 5.76 Å². The zero-order valence-electron chi connectivity index (χ0n) is 16.8. The van der Waals surface area contributed by atoms with E-state index < -0.39 is 5.76 Å². The van der Waals surface area contributed by atoms with Crippen molar-refractivity contribution >= 4 is 28.3 Å². The number of aromatic nitrogens is 1. The second-order valence-corrected chi connectivity index (χ2v) is 8.22. The summed E-state index contributed by atoms with van der Waals surface area (Å²) in [5.74, 6) is -0.548. The van der Waals surface area contributed by atoms with Crippen LogP contribution in [0.15, 0.2) is 75.3 Å². The Hall–Kier alpha value is -3.12. The first-order valence-corrected chi connectivity index (χ1v) is 11.0. The van der Waals surface area contributed by atoms with E-state index in [1.807, 2.05) is 35.7 Å². The second kappa shape index (κ2) is 9.13. The first-order chi connectivity index (χ1) is 14.7. The van der Waals surface area contributed by atoms with E-state index in [-0.39, 0.29) is 24.9 Å². The predicted molar refractivity (Wildman–Crippen MR) is 120 cm³/mol. The number of hydrogen-bond acceptors (Lipinski definition) is 4. The summed E-state index contributed by atoms with van der Waals surface area (Å²) in [4.78, 5) is 26.0. The first kappa shape index (κ1) is 20.2. The molecule has 2 heterocycles. The van der Waals surface area contributed by atoms with E-state index in [1.165, 1.54) is 10.1 Å². The number of carbonyl (C=O) groups excluding carboxylic acids is 1. The van der Waals surface area contributed by atoms with Crippen molar-refractivity contribution < 1.29 is 9.21 Å². The Kier molecular flexibility index (Phi) is 6.14. The van der Waals surface area contributed by atoms with Crippen LogP contribution in [0.5, 0.6) is 0 Å². The number of aryl methyl sites for hydroxylation is 2. The molecule has 0 aliphatic rings. The van der Waals surface area contributed by atoms with E-state index in [0.717, 1.165) is 23.3 Å². The van der Waals surface area contributed by atoms with Crippen molar-refractivity contribution in [2.45, 2.75) is 38.8 Å². The number of benzene rings is 2. The summed E-state index contributed by atoms with van der Waals surface area (Å²) in [6.07, 6.45) is 2.34. The van der Waals surface area contributed by atoms with Crippen LogP contribution in [0.1, 0.15) is 41.8 Å². The SMILES string of the molecule is CCCc1ccc(C(NC(=O)CCn2c(=O)oc3ccccc32)c2cccs2)cc1. The molecule has 1 N–H and O–H groups in total. The Labute approximate surface area is 179 Å². The molecular formula is C24H24N2O3S. The van der Waals surface area contributed by atoms with Gasteiger partial charge in [-0.15, -0.1) is 11.3 Å². The van der Waals surface area contributed by atoms with Gasteiger partial charge in [-0.1, -0.05) is 55.8 Å². The fraction of sp³-hybridized carbons (Fsp3) is 0.250. The molecule has 0 bridgehead atoms. The van der Waals surface area contributed by atoms with Crippen molar-refractivity contribution in [1.29, 1.82) is 0 Å². The molecule has 0 spiro atoms. The lowest BCUT2D eigenvalue weighted by Crippen LogP contribution is -2.30. The number of fused-ring (bicyclic) bond motifs is 1. The molecule has 2 aromatic carbocycles. The number of carbonyl (C=O) groups is 1. The maximum Gasteiger partial charge on any atom is 0.419 e. The summed E-state index contributed by atoms with van der Waals surface area (Å²) in [6, 6.07) is 19.5. The van der Waals surface area contributed by atoms with E-state index in [1.54, 1.807) is 17.4 Å². The average Bonchev–Trinajstić information content (AvgIpc) is 3.39. The lowest BCUT2D eigenvalue weighted by atomic mass is 10.0. The smallest absolute Gasteiger partial charge is 0.408 e. The van der Waals surface area contributed by atoms with Gasteiger partial charge in [0.05, 0.1) is 11.6 Å². The maximum atomic E-state index is 12.8. The Morgan fingerprint density at radius 3 is 2.63 bits per heavy atom. The van der Waals surface area contributed by atoms with Crippen LogP contribution in [0.3, 0.4) is 0 Å². The topological polar surface area (TPSA) is 64.2 Å². The molecule has 1 atom stereocenters. The zero-order valence-corrected chi connectivity index (χ0v) is 17.7. The van der Waals surface area contributed by atoms with Crippen LogP contribution in [0.4, 0.5) is 0 Å². The van der Waals surface area contributed by atoms with E-state index >= 15 is 0 Å². The number of thiophene rings is 1. The monoisotopic (exact) mass is 420 g/mol. The number of rotatable bonds is 8. The van der Waals surface area contributed by atoms with Gasteiger partial charge in [0.25, 0.3) is 0 Å². The van der Waals surface area contributed by atoms with E-state index in [9.17, 15) is 9.59 Å². The third kappa shape index (κ3) is 4.39. The van der Waals surface area contributed by atoms with Gasteiger partial charge in [-0.05, 0) is 41.1 Å². The van der Waals surface area contributed by atoms with Gasteiger partial charge in [-0.3, -0.25) is 9.36 Å². The number of amides is 1. The summed E-state index contributed by atoms with van der Waals surface area (Å²) in [5.41, 5.74) is 3.59. The molecule has 0 saturated heterocycles. The Morgan fingerprint density at radius 1 is 1.10 bits per heavy atom. The highest BCUT2D eigenvalue weighted by Gasteiger charge is 2.18. The minimum Gasteiger partial charge on any atom is -0.408 e. The van der Waals surface area contributed by atoms with Crippen LogP contribution >= 0.6 is 11.3 Å². The third-order valence-electron chi connectivity index (χ3n) is 5.12. The lowest BCUT2D eigenvalue weighted by Gasteiger charge is -2.18. The quantitative estimate of drug-likeness (QED) is 0.441. The minimum absolute atomic E-state index is 0.108. The fourth-order valence-corrected chi connectivity index (χ4v) is 4.41. The Bertz CT molecular complexity index is 1170. The second-order valence-electron chi connectivity index (χ2n) is 7.24. The number of oxazole rings is 1. The highest BCUT2D eigenvalue weighted by Crippen LogP contribution is 2.26. The van der Waals surface area contributed by atoms with Crippen LogP contribution in [0, 0.1) is 0 Å². The lowest BCUT2D eigenvalue weighted by molar-refractivity contribution is -0.121. The van der Waals surface area contributed by atoms with Gasteiger partial charge in [0.15, 0.2) is 5.58 Å². The summed E-state index contributed by atoms with van der Waals surface area (Å²) in [5, 5.41) is 5.15. The number of nitrogens with one attached hydrogen (secondary N) is 1. The molecule has 0 radical (unpaired) electrons. The molecule has 0 aliphatic carbocycles. The normalized spacial score (nSPS) is 12.2. The molecule has 154 valence electrons. The molecule has 30 heavy (non-hydrogen) atoms. The summed E-state index contributed by atoms with van der Waals surface area (Å²) >= 11 is 1.62. The summed E-state index contributed by atoms with van der Waals surface area (Å²) < 4.78 is 6.76. The van der Waals surface area contributed by atoms with Crippen molar-refractivity contribution in [3.8, 4) is 0 Å². The van der Waals surface area contributed by atoms with Gasteiger partial charge in [0, 0.05) is 17.8 Å². The van der Waals surface area contributed by atoms with Gasteiger partial charge in [-0.2, -0.15) is 0 Å². The van der Waals surface area contributed by atoms with Gasteiger partial charge in [-0.25, -0.2) is 4.79 Å². The first-order valence-electron chi connectivity index (χ1n) is 10.2. The molecular weight excluding hydrogens is 396 g/mol.